The summed E-state index contributed by atoms with van der Waals surface area (Å²) >= 11 is 7.70. The van der Waals surface area contributed by atoms with Gasteiger partial charge in [0.25, 0.3) is 11.8 Å². The van der Waals surface area contributed by atoms with Crippen molar-refractivity contribution in [1.29, 1.82) is 0 Å². The van der Waals surface area contributed by atoms with Crippen LogP contribution < -0.4 is 34.4 Å². The molecule has 0 spiro atoms. The predicted molar refractivity (Wildman–Crippen MR) is 185 cm³/mol. The van der Waals surface area contributed by atoms with Crippen molar-refractivity contribution >= 4 is 62.7 Å². The Labute approximate surface area is 285 Å². The van der Waals surface area contributed by atoms with Gasteiger partial charge in [-0.1, -0.05) is 29.8 Å². The third-order valence-corrected chi connectivity index (χ3v) is 8.56. The largest absolute Gasteiger partial charge is 0.493 e. The van der Waals surface area contributed by atoms with E-state index in [0.717, 1.165) is 10.1 Å². The minimum absolute atomic E-state index is 0.217. The highest BCUT2D eigenvalue weighted by Crippen LogP contribution is 2.39. The number of hydrazone groups is 1. The molecule has 4 aromatic carbocycles. The maximum absolute atomic E-state index is 13.0. The molecule has 0 atom stereocenters. The van der Waals surface area contributed by atoms with Crippen LogP contribution in [0.2, 0.25) is 5.02 Å². The Hall–Kier alpha value is -5.59. The highest BCUT2D eigenvalue weighted by atomic mass is 35.5. The summed E-state index contributed by atoms with van der Waals surface area (Å²) in [6, 6.07) is 21.7. The summed E-state index contributed by atoms with van der Waals surface area (Å²) in [6.45, 7) is 2.13. The van der Waals surface area contributed by atoms with Gasteiger partial charge in [0.2, 0.25) is 5.75 Å². The average molecular weight is 688 g/mol. The predicted octanol–water partition coefficient (Wildman–Crippen LogP) is 7.21. The Morgan fingerprint density at radius 1 is 0.812 bits per heavy atom. The number of fused-ring (bicyclic) bond motifs is 1. The van der Waals surface area contributed by atoms with Gasteiger partial charge in [-0.25, -0.2) is 10.2 Å². The summed E-state index contributed by atoms with van der Waals surface area (Å²) in [5, 5.41) is 7.94. The quantitative estimate of drug-likeness (QED) is 0.0608. The Balaban J connectivity index is 1.21. The van der Waals surface area contributed by atoms with Gasteiger partial charge in [-0.15, -0.1) is 11.3 Å². The molecule has 0 aliphatic rings. The summed E-state index contributed by atoms with van der Waals surface area (Å²) in [7, 11) is 4.40. The molecule has 1 heterocycles. The van der Waals surface area contributed by atoms with Gasteiger partial charge in [0, 0.05) is 26.9 Å². The van der Waals surface area contributed by atoms with Crippen LogP contribution in [0.15, 0.2) is 84.0 Å². The number of amides is 2. The lowest BCUT2D eigenvalue weighted by Gasteiger charge is -2.14. The zero-order chi connectivity index (χ0) is 34.2. The average Bonchev–Trinajstić information content (AvgIpc) is 3.45. The Kier molecular flexibility index (Phi) is 10.8. The molecule has 246 valence electrons. The third-order valence-electron chi connectivity index (χ3n) is 6.90. The van der Waals surface area contributed by atoms with Crippen molar-refractivity contribution in [2.45, 2.75) is 6.92 Å². The topological polar surface area (TPSA) is 134 Å². The molecule has 2 amide bonds. The number of methoxy groups -OCH3 is 3. The first kappa shape index (κ1) is 33.8. The lowest BCUT2D eigenvalue weighted by molar-refractivity contribution is 0.0733. The maximum Gasteiger partial charge on any atom is 0.355 e. The molecule has 48 heavy (non-hydrogen) atoms. The van der Waals surface area contributed by atoms with Crippen LogP contribution in [-0.4, -0.2) is 51.9 Å². The number of rotatable bonds is 12. The van der Waals surface area contributed by atoms with Gasteiger partial charge in [0.1, 0.15) is 4.88 Å². The van der Waals surface area contributed by atoms with E-state index in [9.17, 15) is 14.4 Å². The van der Waals surface area contributed by atoms with Gasteiger partial charge in [-0.2, -0.15) is 5.10 Å². The van der Waals surface area contributed by atoms with Crippen molar-refractivity contribution in [3.05, 3.63) is 105 Å². The number of carbonyl (C=O) groups excluding carboxylic acids is 3. The fourth-order valence-corrected chi connectivity index (χ4v) is 5.98. The van der Waals surface area contributed by atoms with Crippen molar-refractivity contribution in [2.75, 3.05) is 33.3 Å². The highest BCUT2D eigenvalue weighted by Gasteiger charge is 2.21. The molecule has 0 saturated heterocycles. The van der Waals surface area contributed by atoms with E-state index in [2.05, 4.69) is 15.8 Å². The molecule has 0 unspecified atom stereocenters. The fourth-order valence-electron chi connectivity index (χ4n) is 4.60. The second kappa shape index (κ2) is 15.3. The number of carbonyl (C=O) groups is 3. The smallest absolute Gasteiger partial charge is 0.355 e. The molecule has 2 N–H and O–H groups in total. The van der Waals surface area contributed by atoms with Gasteiger partial charge >= 0.3 is 5.97 Å². The second-order valence-corrected chi connectivity index (χ2v) is 11.3. The van der Waals surface area contributed by atoms with Crippen molar-refractivity contribution in [3.8, 4) is 28.7 Å². The number of nitrogens with zero attached hydrogens (tertiary/aromatic N) is 1. The van der Waals surface area contributed by atoms with Crippen molar-refractivity contribution < 1.29 is 38.1 Å². The molecule has 0 aliphatic carbocycles. The number of esters is 1. The highest BCUT2D eigenvalue weighted by molar-refractivity contribution is 7.21. The number of ether oxygens (including phenoxy) is 5. The molecule has 11 nitrogen and oxygen atoms in total. The summed E-state index contributed by atoms with van der Waals surface area (Å²) < 4.78 is 28.2. The number of nitrogens with one attached hydrogen (secondary N) is 2. The van der Waals surface area contributed by atoms with Crippen molar-refractivity contribution in [1.82, 2.24) is 5.43 Å². The number of benzene rings is 4. The van der Waals surface area contributed by atoms with E-state index in [1.807, 2.05) is 24.3 Å². The van der Waals surface area contributed by atoms with Gasteiger partial charge in [0.05, 0.1) is 39.2 Å². The van der Waals surface area contributed by atoms with Crippen LogP contribution in [0.5, 0.6) is 28.7 Å². The number of hydrogen-bond donors (Lipinski definition) is 2. The number of thiophene rings is 1. The summed E-state index contributed by atoms with van der Waals surface area (Å²) in [4.78, 5) is 38.9. The van der Waals surface area contributed by atoms with Crippen LogP contribution in [0.25, 0.3) is 10.1 Å². The van der Waals surface area contributed by atoms with Gasteiger partial charge < -0.3 is 29.0 Å². The third kappa shape index (κ3) is 7.51. The van der Waals surface area contributed by atoms with Crippen LogP contribution in [0.1, 0.15) is 42.9 Å². The van der Waals surface area contributed by atoms with Crippen LogP contribution in [-0.2, 0) is 0 Å². The van der Waals surface area contributed by atoms with Crippen LogP contribution in [0.4, 0.5) is 5.69 Å². The molecule has 0 saturated carbocycles. The minimum Gasteiger partial charge on any atom is -0.493 e. The molecular formula is C35H30ClN3O8S. The fraction of sp³-hybridized carbons (Fsp3) is 0.143. The van der Waals surface area contributed by atoms with E-state index < -0.39 is 17.8 Å². The SMILES string of the molecule is CCOc1cc(/C=N\NC(=O)c2ccc(NC(=O)c3cc(OC)c(OC)c(OC)c3)cc2)ccc1OC(=O)c1sc2ccccc2c1Cl. The molecule has 0 radical (unpaired) electrons. The van der Waals surface area contributed by atoms with Crippen LogP contribution >= 0.6 is 22.9 Å². The Morgan fingerprint density at radius 2 is 1.52 bits per heavy atom. The zero-order valence-corrected chi connectivity index (χ0v) is 27.9. The van der Waals surface area contributed by atoms with E-state index in [0.29, 0.717) is 61.9 Å². The number of anilines is 1. The first-order chi connectivity index (χ1) is 23.3. The van der Waals surface area contributed by atoms with Crippen molar-refractivity contribution in [3.63, 3.8) is 0 Å². The van der Waals surface area contributed by atoms with Gasteiger partial charge in [-0.3, -0.25) is 9.59 Å². The first-order valence-corrected chi connectivity index (χ1v) is 15.7. The molecule has 0 bridgehead atoms. The van der Waals surface area contributed by atoms with E-state index >= 15 is 0 Å². The minimum atomic E-state index is -0.595. The molecule has 0 aliphatic heterocycles. The molecule has 13 heteroatoms. The first-order valence-electron chi connectivity index (χ1n) is 14.5. The van der Waals surface area contributed by atoms with E-state index in [1.54, 1.807) is 49.4 Å². The summed E-state index contributed by atoms with van der Waals surface area (Å²) in [6.07, 6.45) is 1.43. The molecule has 0 fully saturated rings. The van der Waals surface area contributed by atoms with E-state index in [-0.39, 0.29) is 5.75 Å². The van der Waals surface area contributed by atoms with Crippen molar-refractivity contribution in [2.24, 2.45) is 5.10 Å². The number of hydrogen-bond acceptors (Lipinski definition) is 10. The lowest BCUT2D eigenvalue weighted by Crippen LogP contribution is -2.18. The van der Waals surface area contributed by atoms with E-state index in [4.69, 9.17) is 35.3 Å². The second-order valence-electron chi connectivity index (χ2n) is 9.91. The van der Waals surface area contributed by atoms with Crippen LogP contribution in [0, 0.1) is 0 Å². The lowest BCUT2D eigenvalue weighted by atomic mass is 10.1. The Bertz CT molecular complexity index is 1980. The normalized spacial score (nSPS) is 10.9. The van der Waals surface area contributed by atoms with E-state index in [1.165, 1.54) is 51.0 Å². The Morgan fingerprint density at radius 3 is 2.17 bits per heavy atom. The molecule has 1 aromatic heterocycles. The molecular weight excluding hydrogens is 658 g/mol. The maximum atomic E-state index is 13.0. The molecule has 5 rings (SSSR count). The summed E-state index contributed by atoms with van der Waals surface area (Å²) in [5.74, 6) is 0.125. The monoisotopic (exact) mass is 687 g/mol. The standard InChI is InChI=1S/C35H30ClN3O8S/c1-5-46-26-16-20(10-15-25(26)47-35(42)32-30(36)24-8-6-7-9-29(24)48-32)19-37-39-34(41)21-11-13-23(14-12-21)38-33(40)22-17-27(43-2)31(45-4)28(18-22)44-3/h6-19H,5H2,1-4H3,(H,38,40)(H,39,41)/b37-19-. The van der Waals surface area contributed by atoms with Gasteiger partial charge in [-0.05, 0) is 73.2 Å². The number of halogens is 1. The van der Waals surface area contributed by atoms with Gasteiger partial charge in [0.15, 0.2) is 23.0 Å². The zero-order valence-electron chi connectivity index (χ0n) is 26.3. The summed E-state index contributed by atoms with van der Waals surface area (Å²) in [5.41, 5.74) is 4.13. The molecule has 5 aromatic rings. The van der Waals surface area contributed by atoms with Crippen LogP contribution in [0.3, 0.4) is 0 Å².